The van der Waals surface area contributed by atoms with Crippen molar-refractivity contribution in [2.75, 3.05) is 0 Å². The molecular formula is C12H8F3NO2. The summed E-state index contributed by atoms with van der Waals surface area (Å²) in [6.45, 7) is -0.545. The van der Waals surface area contributed by atoms with Gasteiger partial charge in [-0.1, -0.05) is 0 Å². The Bertz CT molecular complexity index is 575. The number of rotatable bonds is 3. The van der Waals surface area contributed by atoms with Crippen LogP contribution in [0, 0.1) is 17.5 Å². The monoisotopic (exact) mass is 255 g/mol. The molecule has 0 spiro atoms. The van der Waals surface area contributed by atoms with Gasteiger partial charge in [-0.25, -0.2) is 18.2 Å². The highest BCUT2D eigenvalue weighted by Gasteiger charge is 2.13. The molecule has 3 nitrogen and oxygen atoms in total. The Hall–Kier alpha value is -2.08. The zero-order valence-corrected chi connectivity index (χ0v) is 9.03. The maximum Gasteiger partial charge on any atom is 0.256 e. The Labute approximate surface area is 100 Å². The Balaban J connectivity index is 2.37. The first-order valence-electron chi connectivity index (χ1n) is 4.99. The predicted octanol–water partition coefficient (Wildman–Crippen LogP) is 2.78. The van der Waals surface area contributed by atoms with Crippen molar-refractivity contribution in [3.8, 4) is 11.6 Å². The number of benzene rings is 1. The molecule has 18 heavy (non-hydrogen) atoms. The van der Waals surface area contributed by atoms with Crippen molar-refractivity contribution in [3.05, 3.63) is 53.5 Å². The van der Waals surface area contributed by atoms with Crippen molar-refractivity contribution in [3.63, 3.8) is 0 Å². The van der Waals surface area contributed by atoms with Gasteiger partial charge in [-0.2, -0.15) is 0 Å². The van der Waals surface area contributed by atoms with E-state index in [1.165, 1.54) is 12.3 Å². The summed E-state index contributed by atoms with van der Waals surface area (Å²) in [6, 6.07) is 3.81. The first-order valence-corrected chi connectivity index (χ1v) is 4.99. The molecule has 1 aromatic carbocycles. The van der Waals surface area contributed by atoms with Gasteiger partial charge in [-0.3, -0.25) is 0 Å². The second-order valence-electron chi connectivity index (χ2n) is 3.42. The summed E-state index contributed by atoms with van der Waals surface area (Å²) in [6.07, 6.45) is 1.20. The van der Waals surface area contributed by atoms with Crippen LogP contribution in [0.1, 0.15) is 5.56 Å². The fourth-order valence-corrected chi connectivity index (χ4v) is 1.31. The Morgan fingerprint density at radius 2 is 1.94 bits per heavy atom. The molecule has 2 rings (SSSR count). The van der Waals surface area contributed by atoms with Gasteiger partial charge in [-0.15, -0.1) is 0 Å². The standard InChI is InChI=1S/C12H8F3NO2/c13-8-1-2-9(14)10(5-8)18-12-11(15)7(6-17)3-4-16-12/h1-5,17H,6H2. The lowest BCUT2D eigenvalue weighted by Crippen LogP contribution is -1.98. The molecule has 6 heteroatoms. The molecule has 94 valence electrons. The van der Waals surface area contributed by atoms with Crippen LogP contribution in [0.5, 0.6) is 11.6 Å². The summed E-state index contributed by atoms with van der Waals surface area (Å²) in [5, 5.41) is 8.85. The number of hydrogen-bond donors (Lipinski definition) is 1. The molecule has 0 amide bonds. The van der Waals surface area contributed by atoms with Crippen LogP contribution >= 0.6 is 0 Å². The molecule has 2 aromatic rings. The van der Waals surface area contributed by atoms with Crippen LogP contribution in [0.25, 0.3) is 0 Å². The van der Waals surface area contributed by atoms with E-state index in [1.807, 2.05) is 0 Å². The average molecular weight is 255 g/mol. The van der Waals surface area contributed by atoms with Crippen molar-refractivity contribution in [1.29, 1.82) is 0 Å². The lowest BCUT2D eigenvalue weighted by Gasteiger charge is -2.08. The summed E-state index contributed by atoms with van der Waals surface area (Å²) in [7, 11) is 0. The van der Waals surface area contributed by atoms with E-state index in [1.54, 1.807) is 0 Å². The fourth-order valence-electron chi connectivity index (χ4n) is 1.31. The average Bonchev–Trinajstić information content (AvgIpc) is 2.36. The molecule has 1 aromatic heterocycles. The molecule has 0 aliphatic carbocycles. The van der Waals surface area contributed by atoms with E-state index in [2.05, 4.69) is 4.98 Å². The molecule has 0 radical (unpaired) electrons. The van der Waals surface area contributed by atoms with Gasteiger partial charge >= 0.3 is 0 Å². The second-order valence-corrected chi connectivity index (χ2v) is 3.42. The molecule has 0 saturated heterocycles. The second kappa shape index (κ2) is 5.05. The highest BCUT2D eigenvalue weighted by molar-refractivity contribution is 5.31. The van der Waals surface area contributed by atoms with Crippen molar-refractivity contribution in [2.24, 2.45) is 0 Å². The highest BCUT2D eigenvalue weighted by atomic mass is 19.1. The number of hydrogen-bond acceptors (Lipinski definition) is 3. The number of aromatic nitrogens is 1. The van der Waals surface area contributed by atoms with Crippen molar-refractivity contribution in [1.82, 2.24) is 4.98 Å². The summed E-state index contributed by atoms with van der Waals surface area (Å²) in [5.41, 5.74) is -0.0446. The SMILES string of the molecule is OCc1ccnc(Oc2cc(F)ccc2F)c1F. The third-order valence-corrected chi connectivity index (χ3v) is 2.21. The van der Waals surface area contributed by atoms with Crippen molar-refractivity contribution < 1.29 is 23.0 Å². The maximum atomic E-state index is 13.6. The van der Waals surface area contributed by atoms with E-state index in [4.69, 9.17) is 9.84 Å². The minimum absolute atomic E-state index is 0.0446. The third kappa shape index (κ3) is 2.43. The van der Waals surface area contributed by atoms with Gasteiger partial charge in [0.2, 0.25) is 0 Å². The lowest BCUT2D eigenvalue weighted by atomic mass is 10.2. The van der Waals surface area contributed by atoms with E-state index < -0.39 is 35.7 Å². The molecule has 1 N–H and O–H groups in total. The number of halogens is 3. The van der Waals surface area contributed by atoms with Gasteiger partial charge < -0.3 is 9.84 Å². The van der Waals surface area contributed by atoms with E-state index in [-0.39, 0.29) is 5.56 Å². The minimum atomic E-state index is -0.913. The molecule has 0 bridgehead atoms. The molecule has 0 atom stereocenters. The number of aliphatic hydroxyl groups is 1. The van der Waals surface area contributed by atoms with Crippen molar-refractivity contribution >= 4 is 0 Å². The Morgan fingerprint density at radius 3 is 2.67 bits per heavy atom. The van der Waals surface area contributed by atoms with E-state index in [0.29, 0.717) is 0 Å². The molecule has 0 saturated carbocycles. The van der Waals surface area contributed by atoms with Crippen LogP contribution < -0.4 is 4.74 Å². The summed E-state index contributed by atoms with van der Waals surface area (Å²) in [5.74, 6) is -3.47. The van der Waals surface area contributed by atoms with Gasteiger partial charge in [0.1, 0.15) is 5.82 Å². The zero-order valence-electron chi connectivity index (χ0n) is 9.03. The van der Waals surface area contributed by atoms with Gasteiger partial charge in [0.25, 0.3) is 5.88 Å². The Morgan fingerprint density at radius 1 is 1.17 bits per heavy atom. The maximum absolute atomic E-state index is 13.6. The van der Waals surface area contributed by atoms with E-state index in [9.17, 15) is 13.2 Å². The van der Waals surface area contributed by atoms with Crippen LogP contribution in [0.4, 0.5) is 13.2 Å². The number of pyridine rings is 1. The van der Waals surface area contributed by atoms with Crippen LogP contribution in [0.2, 0.25) is 0 Å². The van der Waals surface area contributed by atoms with Crippen LogP contribution in [0.3, 0.4) is 0 Å². The minimum Gasteiger partial charge on any atom is -0.433 e. The molecule has 0 fully saturated rings. The van der Waals surface area contributed by atoms with Gasteiger partial charge in [0.15, 0.2) is 17.4 Å². The smallest absolute Gasteiger partial charge is 0.256 e. The topological polar surface area (TPSA) is 42.4 Å². The zero-order chi connectivity index (χ0) is 13.1. The summed E-state index contributed by atoms with van der Waals surface area (Å²) < 4.78 is 44.7. The molecular weight excluding hydrogens is 247 g/mol. The predicted molar refractivity (Wildman–Crippen MR) is 56.5 cm³/mol. The molecule has 1 heterocycles. The van der Waals surface area contributed by atoms with Crippen molar-refractivity contribution in [2.45, 2.75) is 6.61 Å². The fraction of sp³-hybridized carbons (Fsp3) is 0.0833. The molecule has 0 unspecified atom stereocenters. The number of nitrogens with zero attached hydrogens (tertiary/aromatic N) is 1. The van der Waals surface area contributed by atoms with Crippen LogP contribution in [-0.2, 0) is 6.61 Å². The third-order valence-electron chi connectivity index (χ3n) is 2.21. The quantitative estimate of drug-likeness (QED) is 0.917. The summed E-state index contributed by atoms with van der Waals surface area (Å²) in [4.78, 5) is 3.56. The molecule has 0 aliphatic heterocycles. The normalized spacial score (nSPS) is 10.4. The molecule has 0 aliphatic rings. The van der Waals surface area contributed by atoms with Crippen LogP contribution in [-0.4, -0.2) is 10.1 Å². The largest absolute Gasteiger partial charge is 0.433 e. The van der Waals surface area contributed by atoms with Crippen LogP contribution in [0.15, 0.2) is 30.5 Å². The number of ether oxygens (including phenoxy) is 1. The van der Waals surface area contributed by atoms with E-state index in [0.717, 1.165) is 18.2 Å². The highest BCUT2D eigenvalue weighted by Crippen LogP contribution is 2.26. The van der Waals surface area contributed by atoms with Gasteiger partial charge in [-0.05, 0) is 18.2 Å². The number of aliphatic hydroxyl groups excluding tert-OH is 1. The lowest BCUT2D eigenvalue weighted by molar-refractivity contribution is 0.272. The van der Waals surface area contributed by atoms with Gasteiger partial charge in [0.05, 0.1) is 6.61 Å². The summed E-state index contributed by atoms with van der Waals surface area (Å²) >= 11 is 0. The first kappa shape index (κ1) is 12.4. The first-order chi connectivity index (χ1) is 8.61. The Kier molecular flexibility index (Phi) is 3.47. The van der Waals surface area contributed by atoms with E-state index >= 15 is 0 Å². The van der Waals surface area contributed by atoms with Gasteiger partial charge in [0, 0.05) is 17.8 Å².